The molecular weight excluding hydrogens is 296 g/mol. The van der Waals surface area contributed by atoms with E-state index in [0.717, 1.165) is 24.9 Å². The van der Waals surface area contributed by atoms with Crippen LogP contribution in [0.2, 0.25) is 0 Å². The van der Waals surface area contributed by atoms with Gasteiger partial charge in [0.2, 0.25) is 5.91 Å². The lowest BCUT2D eigenvalue weighted by Crippen LogP contribution is -2.64. The summed E-state index contributed by atoms with van der Waals surface area (Å²) in [6.07, 6.45) is 1.75. The van der Waals surface area contributed by atoms with Gasteiger partial charge in [0, 0.05) is 33.4 Å². The Kier molecular flexibility index (Phi) is 4.46. The van der Waals surface area contributed by atoms with Gasteiger partial charge < -0.3 is 19.5 Å². The molecule has 0 unspecified atom stereocenters. The summed E-state index contributed by atoms with van der Waals surface area (Å²) in [5.74, 6) is 0.742. The van der Waals surface area contributed by atoms with E-state index in [9.17, 15) is 9.90 Å². The molecule has 0 radical (unpaired) electrons. The van der Waals surface area contributed by atoms with Crippen LogP contribution in [0.4, 0.5) is 0 Å². The standard InChI is InChI=1S/C17H24N2O4/c1-18-16(21)11-19(12-17(18)5-7-23-8-6-17)10-13-3-4-15(22-2)14(20)9-13/h3-4,9,20H,5-8,10-12H2,1-2H3. The van der Waals surface area contributed by atoms with Crippen molar-refractivity contribution in [2.75, 3.05) is 40.5 Å². The van der Waals surface area contributed by atoms with Gasteiger partial charge in [-0.15, -0.1) is 0 Å². The van der Waals surface area contributed by atoms with Gasteiger partial charge in [0.05, 0.1) is 19.2 Å². The normalized spacial score (nSPS) is 21.7. The molecule has 1 N–H and O–H groups in total. The van der Waals surface area contributed by atoms with Gasteiger partial charge in [-0.1, -0.05) is 6.07 Å². The Morgan fingerprint density at radius 3 is 2.74 bits per heavy atom. The van der Waals surface area contributed by atoms with E-state index >= 15 is 0 Å². The first kappa shape index (κ1) is 16.1. The zero-order chi connectivity index (χ0) is 16.4. The maximum absolute atomic E-state index is 12.4. The van der Waals surface area contributed by atoms with Crippen LogP contribution in [0.1, 0.15) is 18.4 Å². The summed E-state index contributed by atoms with van der Waals surface area (Å²) in [5.41, 5.74) is 0.852. The molecule has 2 saturated heterocycles. The third-order valence-corrected chi connectivity index (χ3v) is 5.04. The fourth-order valence-electron chi connectivity index (χ4n) is 3.59. The lowest BCUT2D eigenvalue weighted by Gasteiger charge is -2.51. The van der Waals surface area contributed by atoms with Crippen molar-refractivity contribution in [2.24, 2.45) is 0 Å². The number of phenols is 1. The monoisotopic (exact) mass is 320 g/mol. The maximum atomic E-state index is 12.4. The average molecular weight is 320 g/mol. The number of amides is 1. The molecule has 6 nitrogen and oxygen atoms in total. The number of phenolic OH excluding ortho intramolecular Hbond substituents is 1. The maximum Gasteiger partial charge on any atom is 0.237 e. The minimum Gasteiger partial charge on any atom is -0.504 e. The molecule has 23 heavy (non-hydrogen) atoms. The topological polar surface area (TPSA) is 62.2 Å². The molecule has 0 aromatic heterocycles. The highest BCUT2D eigenvalue weighted by Crippen LogP contribution is 2.32. The molecule has 2 fully saturated rings. The van der Waals surface area contributed by atoms with Crippen molar-refractivity contribution in [2.45, 2.75) is 24.9 Å². The van der Waals surface area contributed by atoms with Gasteiger partial charge in [0.15, 0.2) is 11.5 Å². The molecular formula is C17H24N2O4. The molecule has 1 aromatic rings. The number of hydrogen-bond donors (Lipinski definition) is 1. The smallest absolute Gasteiger partial charge is 0.237 e. The Morgan fingerprint density at radius 2 is 2.09 bits per heavy atom. The van der Waals surface area contributed by atoms with Gasteiger partial charge >= 0.3 is 0 Å². The highest BCUT2D eigenvalue weighted by Gasteiger charge is 2.44. The third kappa shape index (κ3) is 3.14. The highest BCUT2D eigenvalue weighted by molar-refractivity contribution is 5.79. The number of hydrogen-bond acceptors (Lipinski definition) is 5. The van der Waals surface area contributed by atoms with Crippen molar-refractivity contribution in [1.29, 1.82) is 0 Å². The predicted octanol–water partition coefficient (Wildman–Crippen LogP) is 1.22. The van der Waals surface area contributed by atoms with Gasteiger partial charge in [-0.05, 0) is 30.5 Å². The van der Waals surface area contributed by atoms with E-state index < -0.39 is 0 Å². The Morgan fingerprint density at radius 1 is 1.35 bits per heavy atom. The van der Waals surface area contributed by atoms with Crippen LogP contribution in [-0.2, 0) is 16.1 Å². The average Bonchev–Trinajstić information content (AvgIpc) is 2.54. The summed E-state index contributed by atoms with van der Waals surface area (Å²) < 4.78 is 10.5. The van der Waals surface area contributed by atoms with Gasteiger partial charge in [-0.2, -0.15) is 0 Å². The number of likely N-dealkylation sites (N-methyl/N-ethyl adjacent to an activating group) is 1. The van der Waals surface area contributed by atoms with Gasteiger partial charge in [-0.3, -0.25) is 9.69 Å². The minimum atomic E-state index is -0.123. The van der Waals surface area contributed by atoms with Crippen LogP contribution >= 0.6 is 0 Å². The fraction of sp³-hybridized carbons (Fsp3) is 0.588. The summed E-state index contributed by atoms with van der Waals surface area (Å²) in [6.45, 7) is 3.29. The first-order chi connectivity index (χ1) is 11.0. The second kappa shape index (κ2) is 6.37. The van der Waals surface area contributed by atoms with Crippen LogP contribution in [0.3, 0.4) is 0 Å². The van der Waals surface area contributed by atoms with Crippen LogP contribution in [0.25, 0.3) is 0 Å². The number of rotatable bonds is 3. The zero-order valence-electron chi connectivity index (χ0n) is 13.7. The summed E-state index contributed by atoms with van der Waals surface area (Å²) in [4.78, 5) is 16.5. The molecule has 1 amide bonds. The molecule has 126 valence electrons. The third-order valence-electron chi connectivity index (χ3n) is 5.04. The second-order valence-electron chi connectivity index (χ2n) is 6.44. The molecule has 0 atom stereocenters. The van der Waals surface area contributed by atoms with Crippen molar-refractivity contribution >= 4 is 5.91 Å². The van der Waals surface area contributed by atoms with Crippen molar-refractivity contribution in [1.82, 2.24) is 9.80 Å². The van der Waals surface area contributed by atoms with Crippen LogP contribution in [0, 0.1) is 0 Å². The van der Waals surface area contributed by atoms with E-state index in [2.05, 4.69) is 4.90 Å². The number of nitrogens with zero attached hydrogens (tertiary/aromatic N) is 2. The quantitative estimate of drug-likeness (QED) is 0.907. The van der Waals surface area contributed by atoms with Gasteiger partial charge in [0.1, 0.15) is 0 Å². The van der Waals surface area contributed by atoms with Gasteiger partial charge in [0.25, 0.3) is 0 Å². The van der Waals surface area contributed by atoms with Crippen LogP contribution in [-0.4, -0.2) is 66.8 Å². The van der Waals surface area contributed by atoms with E-state index in [1.807, 2.05) is 18.0 Å². The Labute approximate surface area is 136 Å². The number of carbonyl (C=O) groups is 1. The van der Waals surface area contributed by atoms with Crippen LogP contribution < -0.4 is 4.74 Å². The molecule has 1 aromatic carbocycles. The summed E-state index contributed by atoms with van der Waals surface area (Å²) in [7, 11) is 3.44. The van der Waals surface area contributed by atoms with E-state index in [1.165, 1.54) is 7.11 Å². The molecule has 6 heteroatoms. The largest absolute Gasteiger partial charge is 0.504 e. The van der Waals surface area contributed by atoms with Crippen molar-refractivity contribution in [3.8, 4) is 11.5 Å². The first-order valence-corrected chi connectivity index (χ1v) is 7.97. The molecule has 0 saturated carbocycles. The Bertz CT molecular complexity index is 584. The van der Waals surface area contributed by atoms with Crippen LogP contribution in [0.15, 0.2) is 18.2 Å². The summed E-state index contributed by atoms with van der Waals surface area (Å²) >= 11 is 0. The number of piperazine rings is 1. The number of benzene rings is 1. The highest BCUT2D eigenvalue weighted by atomic mass is 16.5. The van der Waals surface area contributed by atoms with E-state index in [-0.39, 0.29) is 17.2 Å². The molecule has 0 bridgehead atoms. The van der Waals surface area contributed by atoms with Crippen LogP contribution in [0.5, 0.6) is 11.5 Å². The fourth-order valence-corrected chi connectivity index (χ4v) is 3.59. The SMILES string of the molecule is COc1ccc(CN2CC(=O)N(C)C3(CCOCC3)C2)cc1O. The molecule has 1 spiro atoms. The number of ether oxygens (including phenoxy) is 2. The first-order valence-electron chi connectivity index (χ1n) is 7.97. The summed E-state index contributed by atoms with van der Waals surface area (Å²) in [5, 5.41) is 9.92. The molecule has 2 aliphatic rings. The molecule has 0 aliphatic carbocycles. The zero-order valence-corrected chi connectivity index (χ0v) is 13.7. The lowest BCUT2D eigenvalue weighted by molar-refractivity contribution is -0.150. The van der Waals surface area contributed by atoms with Crippen molar-refractivity contribution in [3.05, 3.63) is 23.8 Å². The predicted molar refractivity (Wildman–Crippen MR) is 85.5 cm³/mol. The van der Waals surface area contributed by atoms with E-state index in [0.29, 0.717) is 32.1 Å². The van der Waals surface area contributed by atoms with E-state index in [4.69, 9.17) is 9.47 Å². The Hall–Kier alpha value is -1.79. The molecule has 2 aliphatic heterocycles. The lowest BCUT2D eigenvalue weighted by atomic mass is 9.85. The number of carbonyl (C=O) groups excluding carboxylic acids is 1. The molecule has 3 rings (SSSR count). The van der Waals surface area contributed by atoms with Crippen molar-refractivity contribution < 1.29 is 19.4 Å². The van der Waals surface area contributed by atoms with E-state index in [1.54, 1.807) is 12.1 Å². The number of aromatic hydroxyl groups is 1. The Balaban J connectivity index is 1.75. The van der Waals surface area contributed by atoms with Gasteiger partial charge in [-0.25, -0.2) is 0 Å². The second-order valence-corrected chi connectivity index (χ2v) is 6.44. The number of methoxy groups -OCH3 is 1. The summed E-state index contributed by atoms with van der Waals surface area (Å²) in [6, 6.07) is 5.39. The van der Waals surface area contributed by atoms with Crippen molar-refractivity contribution in [3.63, 3.8) is 0 Å². The molecule has 2 heterocycles. The minimum absolute atomic E-state index is 0.123.